The number of carbonyl (C=O) groups excluding carboxylic acids is 2. The zero-order valence-electron chi connectivity index (χ0n) is 11.1. The minimum absolute atomic E-state index is 0.305. The second-order valence-electron chi connectivity index (χ2n) is 4.42. The molecule has 2 N–H and O–H groups in total. The first-order chi connectivity index (χ1) is 8.92. The Bertz CT molecular complexity index is 434. The number of rotatable bonds is 6. The molecule has 0 aromatic carbocycles. The van der Waals surface area contributed by atoms with Crippen molar-refractivity contribution in [1.82, 2.24) is 10.0 Å². The molecule has 0 radical (unpaired) electrons. The number of likely N-dealkylation sites (N-methyl/N-ethyl adjacent to an activating group) is 1. The number of ether oxygens (including phenoxy) is 1. The van der Waals surface area contributed by atoms with Crippen LogP contribution in [0.25, 0.3) is 0 Å². The van der Waals surface area contributed by atoms with Crippen molar-refractivity contribution in [3.05, 3.63) is 0 Å². The summed E-state index contributed by atoms with van der Waals surface area (Å²) in [5, 5.41) is 1.69. The molecule has 1 fully saturated rings. The van der Waals surface area contributed by atoms with Crippen molar-refractivity contribution in [2.75, 3.05) is 20.2 Å². The third-order valence-electron chi connectivity index (χ3n) is 3.16. The Labute approximate surface area is 113 Å². The molecule has 1 aliphatic rings. The molecule has 1 amide bonds. The van der Waals surface area contributed by atoms with Gasteiger partial charge in [0.1, 0.15) is 0 Å². The molecule has 0 aromatic rings. The first kappa shape index (κ1) is 15.9. The lowest BCUT2D eigenvalue weighted by Gasteiger charge is -2.18. The van der Waals surface area contributed by atoms with Crippen LogP contribution in [0.3, 0.4) is 0 Å². The molecule has 7 nitrogen and oxygen atoms in total. The van der Waals surface area contributed by atoms with Gasteiger partial charge in [0.05, 0.1) is 24.8 Å². The average molecular weight is 292 g/mol. The SMILES string of the molecule is CCNC(=O)CNS(=O)(=O)C1CCCC1C(=O)OC. The van der Waals surface area contributed by atoms with Gasteiger partial charge in [0.2, 0.25) is 15.9 Å². The van der Waals surface area contributed by atoms with E-state index in [2.05, 4.69) is 14.8 Å². The van der Waals surface area contributed by atoms with Gasteiger partial charge in [0, 0.05) is 6.54 Å². The minimum Gasteiger partial charge on any atom is -0.469 e. The number of sulfonamides is 1. The van der Waals surface area contributed by atoms with Crippen LogP contribution in [0.2, 0.25) is 0 Å². The topological polar surface area (TPSA) is 102 Å². The van der Waals surface area contributed by atoms with Crippen molar-refractivity contribution in [3.63, 3.8) is 0 Å². The Morgan fingerprint density at radius 2 is 2.00 bits per heavy atom. The van der Waals surface area contributed by atoms with Gasteiger partial charge in [-0.25, -0.2) is 13.1 Å². The lowest BCUT2D eigenvalue weighted by molar-refractivity contribution is -0.145. The smallest absolute Gasteiger partial charge is 0.310 e. The van der Waals surface area contributed by atoms with Gasteiger partial charge in [0.15, 0.2) is 0 Å². The second-order valence-corrected chi connectivity index (χ2v) is 6.40. The van der Waals surface area contributed by atoms with Crippen LogP contribution in [0.15, 0.2) is 0 Å². The summed E-state index contributed by atoms with van der Waals surface area (Å²) in [5.41, 5.74) is 0. The van der Waals surface area contributed by atoms with Crippen LogP contribution in [0.5, 0.6) is 0 Å². The third-order valence-corrected chi connectivity index (χ3v) is 5.07. The summed E-state index contributed by atoms with van der Waals surface area (Å²) < 4.78 is 31.0. The molecule has 0 heterocycles. The minimum atomic E-state index is -3.69. The molecule has 2 atom stereocenters. The Morgan fingerprint density at radius 1 is 1.32 bits per heavy atom. The highest BCUT2D eigenvalue weighted by molar-refractivity contribution is 7.90. The maximum atomic E-state index is 12.1. The van der Waals surface area contributed by atoms with E-state index in [0.717, 1.165) is 0 Å². The highest BCUT2D eigenvalue weighted by Crippen LogP contribution is 2.31. The Balaban J connectivity index is 2.66. The predicted octanol–water partition coefficient (Wildman–Crippen LogP) is -0.616. The molecular formula is C11H20N2O5S. The average Bonchev–Trinajstić information content (AvgIpc) is 2.86. The van der Waals surface area contributed by atoms with Crippen LogP contribution in [0.4, 0.5) is 0 Å². The molecular weight excluding hydrogens is 272 g/mol. The van der Waals surface area contributed by atoms with Crippen molar-refractivity contribution in [3.8, 4) is 0 Å². The Morgan fingerprint density at radius 3 is 2.58 bits per heavy atom. The standard InChI is InChI=1S/C11H20N2O5S/c1-3-12-10(14)7-13-19(16,17)9-6-4-5-8(9)11(15)18-2/h8-9,13H,3-7H2,1-2H3,(H,12,14). The summed E-state index contributed by atoms with van der Waals surface area (Å²) in [6.07, 6.45) is 1.57. The summed E-state index contributed by atoms with van der Waals surface area (Å²) in [6, 6.07) is 0. The molecule has 0 saturated heterocycles. The van der Waals surface area contributed by atoms with Gasteiger partial charge in [-0.15, -0.1) is 0 Å². The van der Waals surface area contributed by atoms with Crippen molar-refractivity contribution in [1.29, 1.82) is 0 Å². The van der Waals surface area contributed by atoms with Crippen molar-refractivity contribution in [2.45, 2.75) is 31.4 Å². The van der Waals surface area contributed by atoms with E-state index < -0.39 is 33.1 Å². The van der Waals surface area contributed by atoms with E-state index in [0.29, 0.717) is 25.8 Å². The lowest BCUT2D eigenvalue weighted by atomic mass is 10.1. The molecule has 0 aromatic heterocycles. The number of hydrogen-bond acceptors (Lipinski definition) is 5. The van der Waals surface area contributed by atoms with E-state index in [4.69, 9.17) is 0 Å². The molecule has 110 valence electrons. The van der Waals surface area contributed by atoms with E-state index in [9.17, 15) is 18.0 Å². The van der Waals surface area contributed by atoms with Crippen LogP contribution in [0.1, 0.15) is 26.2 Å². The fourth-order valence-electron chi connectivity index (χ4n) is 2.25. The number of amides is 1. The van der Waals surface area contributed by atoms with Crippen LogP contribution in [-0.4, -0.2) is 45.7 Å². The quantitative estimate of drug-likeness (QED) is 0.636. The van der Waals surface area contributed by atoms with Gasteiger partial charge in [-0.2, -0.15) is 0 Å². The summed E-state index contributed by atoms with van der Waals surface area (Å²) in [4.78, 5) is 22.8. The van der Waals surface area contributed by atoms with Crippen LogP contribution in [-0.2, 0) is 24.3 Å². The monoisotopic (exact) mass is 292 g/mol. The Kier molecular flexibility index (Phi) is 5.74. The largest absolute Gasteiger partial charge is 0.469 e. The second kappa shape index (κ2) is 6.85. The first-order valence-corrected chi connectivity index (χ1v) is 7.80. The normalized spacial score (nSPS) is 23.1. The van der Waals surface area contributed by atoms with E-state index in [1.165, 1.54) is 7.11 Å². The van der Waals surface area contributed by atoms with E-state index >= 15 is 0 Å². The van der Waals surface area contributed by atoms with E-state index in [1.807, 2.05) is 0 Å². The van der Waals surface area contributed by atoms with Crippen molar-refractivity contribution >= 4 is 21.9 Å². The predicted molar refractivity (Wildman–Crippen MR) is 68.8 cm³/mol. The number of methoxy groups -OCH3 is 1. The molecule has 2 unspecified atom stereocenters. The summed E-state index contributed by atoms with van der Waals surface area (Å²) in [5.74, 6) is -1.54. The maximum absolute atomic E-state index is 12.1. The van der Waals surface area contributed by atoms with Crippen molar-refractivity contribution < 1.29 is 22.7 Å². The fraction of sp³-hybridized carbons (Fsp3) is 0.818. The number of nitrogens with one attached hydrogen (secondary N) is 2. The van der Waals surface area contributed by atoms with Crippen LogP contribution in [0, 0.1) is 5.92 Å². The van der Waals surface area contributed by atoms with Gasteiger partial charge in [-0.3, -0.25) is 9.59 Å². The molecule has 19 heavy (non-hydrogen) atoms. The summed E-state index contributed by atoms with van der Waals surface area (Å²) in [6.45, 7) is 1.88. The molecule has 1 aliphatic carbocycles. The molecule has 0 bridgehead atoms. The summed E-state index contributed by atoms with van der Waals surface area (Å²) >= 11 is 0. The zero-order chi connectivity index (χ0) is 14.5. The molecule has 1 rings (SSSR count). The van der Waals surface area contributed by atoms with E-state index in [1.54, 1.807) is 6.92 Å². The van der Waals surface area contributed by atoms with Crippen LogP contribution < -0.4 is 10.0 Å². The van der Waals surface area contributed by atoms with E-state index in [-0.39, 0.29) is 6.54 Å². The lowest BCUT2D eigenvalue weighted by Crippen LogP contribution is -2.43. The third kappa shape index (κ3) is 4.17. The number of carbonyl (C=O) groups is 2. The molecule has 1 saturated carbocycles. The highest BCUT2D eigenvalue weighted by atomic mass is 32.2. The number of esters is 1. The molecule has 0 aliphatic heterocycles. The van der Waals surface area contributed by atoms with Gasteiger partial charge >= 0.3 is 5.97 Å². The van der Waals surface area contributed by atoms with Crippen LogP contribution >= 0.6 is 0 Å². The Hall–Kier alpha value is -1.15. The maximum Gasteiger partial charge on any atom is 0.310 e. The molecule has 0 spiro atoms. The van der Waals surface area contributed by atoms with Gasteiger partial charge in [0.25, 0.3) is 0 Å². The first-order valence-electron chi connectivity index (χ1n) is 6.25. The molecule has 8 heteroatoms. The summed E-state index contributed by atoms with van der Waals surface area (Å²) in [7, 11) is -2.45. The highest BCUT2D eigenvalue weighted by Gasteiger charge is 2.42. The zero-order valence-corrected chi connectivity index (χ0v) is 12.0. The van der Waals surface area contributed by atoms with Gasteiger partial charge < -0.3 is 10.1 Å². The fourth-order valence-corrected chi connectivity index (χ4v) is 3.95. The number of hydrogen-bond donors (Lipinski definition) is 2. The van der Waals surface area contributed by atoms with Crippen molar-refractivity contribution in [2.24, 2.45) is 5.92 Å². The van der Waals surface area contributed by atoms with Gasteiger partial charge in [-0.1, -0.05) is 6.42 Å². The van der Waals surface area contributed by atoms with Gasteiger partial charge in [-0.05, 0) is 19.8 Å².